The van der Waals surface area contributed by atoms with Crippen LogP contribution in [0.1, 0.15) is 19.8 Å². The van der Waals surface area contributed by atoms with Crippen molar-refractivity contribution < 1.29 is 9.59 Å². The first kappa shape index (κ1) is 20.5. The number of carbonyl (C=O) groups excluding carboxylic acids is 2. The van der Waals surface area contributed by atoms with Crippen LogP contribution in [0.25, 0.3) is 11.1 Å². The van der Waals surface area contributed by atoms with Crippen molar-refractivity contribution in [1.29, 1.82) is 0 Å². The van der Waals surface area contributed by atoms with Crippen LogP contribution in [0.2, 0.25) is 0 Å². The highest BCUT2D eigenvalue weighted by Gasteiger charge is 2.27. The molecular weight excluding hydrogens is 390 g/mol. The number of pyridine rings is 2. The van der Waals surface area contributed by atoms with E-state index < -0.39 is 0 Å². The van der Waals surface area contributed by atoms with Crippen LogP contribution < -0.4 is 10.6 Å². The molecule has 158 valence electrons. The third kappa shape index (κ3) is 5.25. The number of para-hydroxylation sites is 1. The van der Waals surface area contributed by atoms with E-state index in [1.165, 1.54) is 0 Å². The summed E-state index contributed by atoms with van der Waals surface area (Å²) in [5.74, 6) is 0.923. The van der Waals surface area contributed by atoms with Gasteiger partial charge >= 0.3 is 0 Å². The standard InChI is InChI=1S/C24H25N5O2/c1-17(30)29-13-5-6-20(16-29)24(31)28-23-15-19(10-12-26-23)18-9-11-25-22(14-18)27-21-7-3-2-4-8-21/h2-4,7-12,14-15,20H,5-6,13,16H2,1H3,(H,25,27)(H,26,28,31)/t20-/m0/s1. The van der Waals surface area contributed by atoms with Gasteiger partial charge in [0.1, 0.15) is 11.6 Å². The van der Waals surface area contributed by atoms with Gasteiger partial charge in [0.05, 0.1) is 5.92 Å². The zero-order chi connectivity index (χ0) is 21.6. The molecule has 7 heteroatoms. The summed E-state index contributed by atoms with van der Waals surface area (Å²) in [5, 5.41) is 6.20. The van der Waals surface area contributed by atoms with Crippen molar-refractivity contribution in [2.24, 2.45) is 5.92 Å². The van der Waals surface area contributed by atoms with Crippen LogP contribution in [0.4, 0.5) is 17.3 Å². The van der Waals surface area contributed by atoms with Crippen molar-refractivity contribution in [2.75, 3.05) is 23.7 Å². The Kier molecular flexibility index (Phi) is 6.21. The molecule has 4 rings (SSSR count). The number of nitrogens with one attached hydrogen (secondary N) is 2. The number of anilines is 3. The molecule has 0 radical (unpaired) electrons. The quantitative estimate of drug-likeness (QED) is 0.656. The Morgan fingerprint density at radius 1 is 0.968 bits per heavy atom. The average Bonchev–Trinajstić information content (AvgIpc) is 2.80. The molecule has 2 amide bonds. The fourth-order valence-corrected chi connectivity index (χ4v) is 3.73. The molecule has 1 atom stereocenters. The number of benzene rings is 1. The molecule has 3 heterocycles. The van der Waals surface area contributed by atoms with Crippen LogP contribution in [0.3, 0.4) is 0 Å². The van der Waals surface area contributed by atoms with E-state index in [9.17, 15) is 9.59 Å². The van der Waals surface area contributed by atoms with Crippen LogP contribution in [0, 0.1) is 5.92 Å². The van der Waals surface area contributed by atoms with E-state index in [1.54, 1.807) is 24.2 Å². The smallest absolute Gasteiger partial charge is 0.230 e. The van der Waals surface area contributed by atoms with E-state index in [2.05, 4.69) is 20.6 Å². The minimum atomic E-state index is -0.217. The maximum Gasteiger partial charge on any atom is 0.230 e. The highest BCUT2D eigenvalue weighted by Crippen LogP contribution is 2.25. The third-order valence-corrected chi connectivity index (χ3v) is 5.39. The van der Waals surface area contributed by atoms with E-state index in [4.69, 9.17) is 0 Å². The number of rotatable bonds is 5. The molecule has 0 bridgehead atoms. The fraction of sp³-hybridized carbons (Fsp3) is 0.250. The zero-order valence-electron chi connectivity index (χ0n) is 17.4. The van der Waals surface area contributed by atoms with Gasteiger partial charge in [0.2, 0.25) is 11.8 Å². The summed E-state index contributed by atoms with van der Waals surface area (Å²) in [6.45, 7) is 2.72. The molecule has 2 aromatic heterocycles. The fourth-order valence-electron chi connectivity index (χ4n) is 3.73. The van der Waals surface area contributed by atoms with Crippen LogP contribution in [-0.4, -0.2) is 39.8 Å². The van der Waals surface area contributed by atoms with Crippen LogP contribution in [-0.2, 0) is 9.59 Å². The predicted octanol–water partition coefficient (Wildman–Crippen LogP) is 4.08. The number of nitrogens with zero attached hydrogens (tertiary/aromatic N) is 3. The van der Waals surface area contributed by atoms with Crippen molar-refractivity contribution in [3.05, 3.63) is 67.0 Å². The molecule has 0 saturated carbocycles. The second kappa shape index (κ2) is 9.38. The SMILES string of the molecule is CC(=O)N1CCC[C@H](C(=O)Nc2cc(-c3ccnc(Nc4ccccc4)c3)ccn2)C1. The van der Waals surface area contributed by atoms with Gasteiger partial charge in [0.15, 0.2) is 0 Å². The number of aromatic nitrogens is 2. The van der Waals surface area contributed by atoms with Gasteiger partial charge in [-0.1, -0.05) is 18.2 Å². The lowest BCUT2D eigenvalue weighted by molar-refractivity contribution is -0.132. The van der Waals surface area contributed by atoms with E-state index in [-0.39, 0.29) is 17.7 Å². The van der Waals surface area contributed by atoms with Gasteiger partial charge in [-0.2, -0.15) is 0 Å². The first-order valence-electron chi connectivity index (χ1n) is 10.4. The molecule has 31 heavy (non-hydrogen) atoms. The van der Waals surface area contributed by atoms with E-state index >= 15 is 0 Å². The number of piperidine rings is 1. The van der Waals surface area contributed by atoms with Crippen molar-refractivity contribution in [3.8, 4) is 11.1 Å². The molecular formula is C24H25N5O2. The summed E-state index contributed by atoms with van der Waals surface area (Å²) < 4.78 is 0. The van der Waals surface area contributed by atoms with Gasteiger partial charge < -0.3 is 15.5 Å². The van der Waals surface area contributed by atoms with Gasteiger partial charge in [-0.25, -0.2) is 9.97 Å². The molecule has 0 spiro atoms. The van der Waals surface area contributed by atoms with Crippen molar-refractivity contribution in [2.45, 2.75) is 19.8 Å². The van der Waals surface area contributed by atoms with Crippen LogP contribution >= 0.6 is 0 Å². The molecule has 7 nitrogen and oxygen atoms in total. The van der Waals surface area contributed by atoms with Gasteiger partial charge in [-0.15, -0.1) is 0 Å². The Morgan fingerprint density at radius 3 is 2.35 bits per heavy atom. The highest BCUT2D eigenvalue weighted by molar-refractivity contribution is 5.93. The van der Waals surface area contributed by atoms with Crippen molar-refractivity contribution in [1.82, 2.24) is 14.9 Å². The summed E-state index contributed by atoms with van der Waals surface area (Å²) in [6, 6.07) is 17.5. The first-order valence-corrected chi connectivity index (χ1v) is 10.4. The molecule has 2 N–H and O–H groups in total. The number of hydrogen-bond acceptors (Lipinski definition) is 5. The summed E-state index contributed by atoms with van der Waals surface area (Å²) in [7, 11) is 0. The zero-order valence-corrected chi connectivity index (χ0v) is 17.4. The topological polar surface area (TPSA) is 87.2 Å². The summed E-state index contributed by atoms with van der Waals surface area (Å²) in [6.07, 6.45) is 5.03. The molecule has 1 aliphatic rings. The third-order valence-electron chi connectivity index (χ3n) is 5.39. The molecule has 0 unspecified atom stereocenters. The highest BCUT2D eigenvalue weighted by atomic mass is 16.2. The van der Waals surface area contributed by atoms with Crippen molar-refractivity contribution >= 4 is 29.1 Å². The molecule has 1 aliphatic heterocycles. The molecule has 1 saturated heterocycles. The van der Waals surface area contributed by atoms with Gasteiger partial charge in [-0.3, -0.25) is 9.59 Å². The van der Waals surface area contributed by atoms with Crippen molar-refractivity contribution in [3.63, 3.8) is 0 Å². The van der Waals surface area contributed by atoms with E-state index in [0.29, 0.717) is 18.9 Å². The first-order chi connectivity index (χ1) is 15.1. The van der Waals surface area contributed by atoms with E-state index in [1.807, 2.05) is 54.6 Å². The molecule has 3 aromatic rings. The molecule has 1 aromatic carbocycles. The Morgan fingerprint density at radius 2 is 1.65 bits per heavy atom. The van der Waals surface area contributed by atoms with Gasteiger partial charge in [-0.05, 0) is 60.4 Å². The second-order valence-corrected chi connectivity index (χ2v) is 7.64. The summed E-state index contributed by atoms with van der Waals surface area (Å²) in [4.78, 5) is 34.8. The Hall–Kier alpha value is -3.74. The lowest BCUT2D eigenvalue weighted by atomic mass is 9.97. The second-order valence-electron chi connectivity index (χ2n) is 7.64. The molecule has 1 fully saturated rings. The number of hydrogen-bond donors (Lipinski definition) is 2. The summed E-state index contributed by atoms with van der Waals surface area (Å²) in [5.41, 5.74) is 2.85. The van der Waals surface area contributed by atoms with Crippen LogP contribution in [0.15, 0.2) is 67.0 Å². The van der Waals surface area contributed by atoms with Crippen LogP contribution in [0.5, 0.6) is 0 Å². The minimum Gasteiger partial charge on any atom is -0.342 e. The van der Waals surface area contributed by atoms with E-state index in [0.717, 1.165) is 35.5 Å². The largest absolute Gasteiger partial charge is 0.342 e. The average molecular weight is 415 g/mol. The predicted molar refractivity (Wildman–Crippen MR) is 121 cm³/mol. The number of carbonyl (C=O) groups is 2. The lowest BCUT2D eigenvalue weighted by Gasteiger charge is -2.31. The maximum absolute atomic E-state index is 12.7. The Balaban J connectivity index is 1.46. The monoisotopic (exact) mass is 415 g/mol. The van der Waals surface area contributed by atoms with Gasteiger partial charge in [0, 0.05) is 38.1 Å². The van der Waals surface area contributed by atoms with Gasteiger partial charge in [0.25, 0.3) is 0 Å². The minimum absolute atomic E-state index is 0.00947. The number of amides is 2. The Bertz CT molecular complexity index is 1070. The normalized spacial score (nSPS) is 15.9. The number of likely N-dealkylation sites (tertiary alicyclic amines) is 1. The summed E-state index contributed by atoms with van der Waals surface area (Å²) >= 11 is 0. The maximum atomic E-state index is 12.7. The molecule has 0 aliphatic carbocycles. The lowest BCUT2D eigenvalue weighted by Crippen LogP contribution is -2.42. The Labute approximate surface area is 181 Å².